The summed E-state index contributed by atoms with van der Waals surface area (Å²) in [5.74, 6) is -1.92. The van der Waals surface area contributed by atoms with Crippen LogP contribution in [0.1, 0.15) is 19.8 Å². The maximum Gasteiger partial charge on any atom is 0.245 e. The van der Waals surface area contributed by atoms with Gasteiger partial charge in [-0.15, -0.1) is 0 Å². The Morgan fingerprint density at radius 3 is 2.40 bits per heavy atom. The molecule has 0 radical (unpaired) electrons. The molecule has 2 rings (SSSR count). The van der Waals surface area contributed by atoms with Crippen LogP contribution in [0.4, 0.5) is 8.78 Å². The van der Waals surface area contributed by atoms with Crippen molar-refractivity contribution >= 4 is 10.0 Å². The maximum absolute atomic E-state index is 13.6. The quantitative estimate of drug-likeness (QED) is 0.842. The molecule has 0 aromatic heterocycles. The van der Waals surface area contributed by atoms with Crippen molar-refractivity contribution in [3.05, 3.63) is 29.8 Å². The van der Waals surface area contributed by atoms with Gasteiger partial charge in [-0.05, 0) is 31.9 Å². The molecule has 0 bridgehead atoms. The Morgan fingerprint density at radius 1 is 1.30 bits per heavy atom. The first-order valence-electron chi connectivity index (χ1n) is 6.15. The van der Waals surface area contributed by atoms with Crippen molar-refractivity contribution in [2.45, 2.75) is 24.7 Å². The van der Waals surface area contributed by atoms with Crippen molar-refractivity contribution in [3.8, 4) is 6.07 Å². The molecule has 1 aliphatic heterocycles. The minimum atomic E-state index is -3.99. The number of hydrogen-bond acceptors (Lipinski definition) is 3. The van der Waals surface area contributed by atoms with E-state index in [4.69, 9.17) is 5.26 Å². The van der Waals surface area contributed by atoms with E-state index >= 15 is 0 Å². The molecule has 1 fully saturated rings. The summed E-state index contributed by atoms with van der Waals surface area (Å²) in [5.41, 5.74) is -0.548. The summed E-state index contributed by atoms with van der Waals surface area (Å²) in [6, 6.07) is 4.56. The number of halogens is 2. The number of sulfonamides is 1. The first-order chi connectivity index (χ1) is 9.28. The van der Waals surface area contributed by atoms with E-state index in [1.807, 2.05) is 0 Å². The minimum Gasteiger partial charge on any atom is -0.207 e. The monoisotopic (exact) mass is 300 g/mol. The average molecular weight is 300 g/mol. The van der Waals surface area contributed by atoms with E-state index in [0.29, 0.717) is 18.9 Å². The van der Waals surface area contributed by atoms with Crippen LogP contribution >= 0.6 is 0 Å². The van der Waals surface area contributed by atoms with Gasteiger partial charge in [-0.2, -0.15) is 9.57 Å². The van der Waals surface area contributed by atoms with Gasteiger partial charge >= 0.3 is 0 Å². The molecule has 0 aliphatic carbocycles. The topological polar surface area (TPSA) is 61.2 Å². The third kappa shape index (κ3) is 2.67. The normalized spacial score (nSPS) is 19.5. The second kappa shape index (κ2) is 5.11. The molecule has 1 saturated heterocycles. The predicted octanol–water partition coefficient (Wildman–Crippen LogP) is 2.28. The molecule has 108 valence electrons. The molecule has 0 unspecified atom stereocenters. The molecular weight excluding hydrogens is 286 g/mol. The molecule has 1 aromatic rings. The molecule has 1 heterocycles. The zero-order valence-corrected chi connectivity index (χ0v) is 11.8. The highest BCUT2D eigenvalue weighted by Gasteiger charge is 2.36. The standard InChI is InChI=1S/C13H14F2N2O2S/c1-13(9-16)4-6-17(7-5-13)20(18,19)12-3-2-10(14)8-11(12)15/h2-3,8H,4-7H2,1H3. The van der Waals surface area contributed by atoms with Gasteiger partial charge in [0, 0.05) is 19.2 Å². The van der Waals surface area contributed by atoms with Gasteiger partial charge in [0.1, 0.15) is 16.5 Å². The zero-order chi connectivity index (χ0) is 15.0. The molecule has 0 spiro atoms. The van der Waals surface area contributed by atoms with Gasteiger partial charge in [0.25, 0.3) is 0 Å². The highest BCUT2D eigenvalue weighted by atomic mass is 32.2. The number of rotatable bonds is 2. The van der Waals surface area contributed by atoms with Crippen molar-refractivity contribution in [2.24, 2.45) is 5.41 Å². The van der Waals surface area contributed by atoms with Crippen LogP contribution in [0.15, 0.2) is 23.1 Å². The van der Waals surface area contributed by atoms with Gasteiger partial charge in [0.05, 0.1) is 11.5 Å². The number of piperidine rings is 1. The molecule has 1 aliphatic rings. The summed E-state index contributed by atoms with van der Waals surface area (Å²) < 4.78 is 52.2. The van der Waals surface area contributed by atoms with E-state index in [-0.39, 0.29) is 13.1 Å². The molecule has 7 heteroatoms. The largest absolute Gasteiger partial charge is 0.245 e. The van der Waals surface area contributed by atoms with E-state index in [0.717, 1.165) is 16.4 Å². The van der Waals surface area contributed by atoms with Gasteiger partial charge in [-0.1, -0.05) is 0 Å². The van der Waals surface area contributed by atoms with Crippen LogP contribution in [-0.2, 0) is 10.0 Å². The van der Waals surface area contributed by atoms with Crippen molar-refractivity contribution < 1.29 is 17.2 Å². The van der Waals surface area contributed by atoms with Crippen LogP contribution in [0.3, 0.4) is 0 Å². The van der Waals surface area contributed by atoms with Crippen molar-refractivity contribution in [2.75, 3.05) is 13.1 Å². The summed E-state index contributed by atoms with van der Waals surface area (Å²) >= 11 is 0. The Kier molecular flexibility index (Phi) is 3.80. The van der Waals surface area contributed by atoms with Crippen LogP contribution in [0.2, 0.25) is 0 Å². The van der Waals surface area contributed by atoms with E-state index in [2.05, 4.69) is 6.07 Å². The van der Waals surface area contributed by atoms with Crippen LogP contribution in [-0.4, -0.2) is 25.8 Å². The summed E-state index contributed by atoms with van der Waals surface area (Å²) in [5, 5.41) is 9.01. The molecule has 1 aromatic carbocycles. The van der Waals surface area contributed by atoms with Crippen LogP contribution in [0.5, 0.6) is 0 Å². The molecule has 20 heavy (non-hydrogen) atoms. The fourth-order valence-electron chi connectivity index (χ4n) is 2.16. The van der Waals surface area contributed by atoms with E-state index in [1.54, 1.807) is 6.92 Å². The average Bonchev–Trinajstić information content (AvgIpc) is 2.39. The maximum atomic E-state index is 13.6. The Labute approximate surface area is 116 Å². The fraction of sp³-hybridized carbons (Fsp3) is 0.462. The summed E-state index contributed by atoms with van der Waals surface area (Å²) in [7, 11) is -3.99. The smallest absolute Gasteiger partial charge is 0.207 e. The molecule has 0 N–H and O–H groups in total. The van der Waals surface area contributed by atoms with E-state index < -0.39 is 32.0 Å². The lowest BCUT2D eigenvalue weighted by molar-refractivity contribution is 0.231. The molecule has 4 nitrogen and oxygen atoms in total. The molecule has 0 amide bonds. The Bertz CT molecular complexity index is 659. The molecule has 0 atom stereocenters. The van der Waals surface area contributed by atoms with Crippen LogP contribution in [0, 0.1) is 28.4 Å². The van der Waals surface area contributed by atoms with Crippen LogP contribution < -0.4 is 0 Å². The Morgan fingerprint density at radius 2 is 1.90 bits per heavy atom. The first kappa shape index (κ1) is 14.9. The first-order valence-corrected chi connectivity index (χ1v) is 7.59. The van der Waals surface area contributed by atoms with Gasteiger partial charge in [0.15, 0.2) is 0 Å². The Hall–Kier alpha value is -1.52. The van der Waals surface area contributed by atoms with Gasteiger partial charge < -0.3 is 0 Å². The number of hydrogen-bond donors (Lipinski definition) is 0. The molecule has 0 saturated carbocycles. The van der Waals surface area contributed by atoms with Crippen molar-refractivity contribution in [3.63, 3.8) is 0 Å². The van der Waals surface area contributed by atoms with Crippen molar-refractivity contribution in [1.82, 2.24) is 4.31 Å². The summed E-state index contributed by atoms with van der Waals surface area (Å²) in [6.45, 7) is 2.09. The zero-order valence-electron chi connectivity index (χ0n) is 10.9. The van der Waals surface area contributed by atoms with Crippen LogP contribution in [0.25, 0.3) is 0 Å². The lowest BCUT2D eigenvalue weighted by atomic mass is 9.83. The number of benzene rings is 1. The lowest BCUT2D eigenvalue weighted by Gasteiger charge is -2.34. The van der Waals surface area contributed by atoms with Gasteiger partial charge in [-0.25, -0.2) is 17.2 Å². The Balaban J connectivity index is 2.27. The van der Waals surface area contributed by atoms with Gasteiger partial charge in [0.2, 0.25) is 10.0 Å². The van der Waals surface area contributed by atoms with Crippen molar-refractivity contribution in [1.29, 1.82) is 5.26 Å². The van der Waals surface area contributed by atoms with Gasteiger partial charge in [-0.3, -0.25) is 0 Å². The SMILES string of the molecule is CC1(C#N)CCN(S(=O)(=O)c2ccc(F)cc2F)CC1. The number of nitriles is 1. The van der Waals surface area contributed by atoms with E-state index in [9.17, 15) is 17.2 Å². The third-order valence-corrected chi connectivity index (χ3v) is 5.54. The third-order valence-electron chi connectivity index (χ3n) is 3.61. The summed E-state index contributed by atoms with van der Waals surface area (Å²) in [6.07, 6.45) is 0.789. The summed E-state index contributed by atoms with van der Waals surface area (Å²) in [4.78, 5) is -0.528. The lowest BCUT2D eigenvalue weighted by Crippen LogP contribution is -2.41. The second-order valence-corrected chi connectivity index (χ2v) is 7.06. The highest BCUT2D eigenvalue weighted by Crippen LogP contribution is 2.32. The highest BCUT2D eigenvalue weighted by molar-refractivity contribution is 7.89. The molecular formula is C13H14F2N2O2S. The fourth-order valence-corrected chi connectivity index (χ4v) is 3.64. The van der Waals surface area contributed by atoms with E-state index in [1.165, 1.54) is 0 Å². The second-order valence-electron chi connectivity index (χ2n) is 5.15. The minimum absolute atomic E-state index is 0.156. The predicted molar refractivity (Wildman–Crippen MR) is 68.1 cm³/mol. The number of nitrogens with zero attached hydrogens (tertiary/aromatic N) is 2.